The Bertz CT molecular complexity index is 509. The third kappa shape index (κ3) is 1.45. The van der Waals surface area contributed by atoms with E-state index in [-0.39, 0.29) is 0 Å². The van der Waals surface area contributed by atoms with Gasteiger partial charge in [-0.25, -0.2) is 15.0 Å². The number of nitrogens with one attached hydrogen (secondary N) is 1. The minimum absolute atomic E-state index is 0.690. The lowest BCUT2D eigenvalue weighted by Gasteiger charge is -1.98. The zero-order valence-electron chi connectivity index (χ0n) is 8.10. The van der Waals surface area contributed by atoms with E-state index >= 15 is 0 Å². The molecular formula is C10H10N4O. The molecule has 1 fully saturated rings. The highest BCUT2D eigenvalue weighted by Crippen LogP contribution is 2.20. The van der Waals surface area contributed by atoms with Gasteiger partial charge in [0.2, 0.25) is 0 Å². The fourth-order valence-electron chi connectivity index (χ4n) is 1.68. The summed E-state index contributed by atoms with van der Waals surface area (Å²) >= 11 is 0. The number of aromatic nitrogens is 4. The maximum Gasteiger partial charge on any atom is 0.181 e. The summed E-state index contributed by atoms with van der Waals surface area (Å²) in [7, 11) is 0. The van der Waals surface area contributed by atoms with Crippen molar-refractivity contribution in [3.63, 3.8) is 0 Å². The molecule has 1 N–H and O–H groups in total. The van der Waals surface area contributed by atoms with Gasteiger partial charge in [0.05, 0.1) is 24.4 Å². The van der Waals surface area contributed by atoms with Gasteiger partial charge < -0.3 is 9.72 Å². The number of nitrogens with zero attached hydrogens (tertiary/aromatic N) is 3. The fraction of sp³-hybridized carbons (Fsp3) is 0.300. The van der Waals surface area contributed by atoms with Gasteiger partial charge in [-0.15, -0.1) is 0 Å². The molecule has 3 rings (SSSR count). The number of hydrogen-bond acceptors (Lipinski definition) is 4. The number of aromatic amines is 1. The standard InChI is InChI=1S/C10H10N4O/c1-2-7(15-3-1)4-8-9-10(13-5-11-8)14-6-12-9/h4-6H,1-3H2,(H,11,12,13,14)/b7-4-. The van der Waals surface area contributed by atoms with Crippen LogP contribution in [0.2, 0.25) is 0 Å². The average Bonchev–Trinajstić information content (AvgIpc) is 2.87. The van der Waals surface area contributed by atoms with Crippen LogP contribution in [0, 0.1) is 0 Å². The Morgan fingerprint density at radius 3 is 3.20 bits per heavy atom. The van der Waals surface area contributed by atoms with Crippen molar-refractivity contribution in [3.8, 4) is 0 Å². The molecule has 0 unspecified atom stereocenters. The summed E-state index contributed by atoms with van der Waals surface area (Å²) in [5.41, 5.74) is 2.39. The molecule has 1 saturated heterocycles. The van der Waals surface area contributed by atoms with Gasteiger partial charge in [-0.2, -0.15) is 0 Å². The SMILES string of the molecule is C(=C1\CCCO1)/c1ncnc2nc[nH]c12. The summed E-state index contributed by atoms with van der Waals surface area (Å²) in [5.74, 6) is 0.990. The molecule has 0 bridgehead atoms. The lowest BCUT2D eigenvalue weighted by molar-refractivity contribution is 0.266. The van der Waals surface area contributed by atoms with E-state index in [1.165, 1.54) is 6.33 Å². The Morgan fingerprint density at radius 2 is 2.33 bits per heavy atom. The number of imidazole rings is 1. The van der Waals surface area contributed by atoms with Crippen molar-refractivity contribution in [2.45, 2.75) is 12.8 Å². The summed E-state index contributed by atoms with van der Waals surface area (Å²) in [6, 6.07) is 0. The van der Waals surface area contributed by atoms with Crippen LogP contribution in [0.3, 0.4) is 0 Å². The van der Waals surface area contributed by atoms with E-state index in [1.807, 2.05) is 6.08 Å². The molecule has 1 aliphatic rings. The Kier molecular flexibility index (Phi) is 1.87. The Morgan fingerprint density at radius 1 is 1.33 bits per heavy atom. The van der Waals surface area contributed by atoms with Crippen molar-refractivity contribution in [1.82, 2.24) is 19.9 Å². The monoisotopic (exact) mass is 202 g/mol. The minimum atomic E-state index is 0.690. The van der Waals surface area contributed by atoms with Gasteiger partial charge in [-0.05, 0) is 6.42 Å². The Hall–Kier alpha value is -1.91. The van der Waals surface area contributed by atoms with Crippen LogP contribution in [0.1, 0.15) is 18.5 Å². The normalized spacial score (nSPS) is 18.5. The lowest BCUT2D eigenvalue weighted by atomic mass is 10.2. The van der Waals surface area contributed by atoms with Crippen LogP contribution in [0.15, 0.2) is 18.4 Å². The largest absolute Gasteiger partial charge is 0.498 e. The molecular weight excluding hydrogens is 192 g/mol. The van der Waals surface area contributed by atoms with E-state index in [0.29, 0.717) is 5.65 Å². The fourth-order valence-corrected chi connectivity index (χ4v) is 1.68. The molecule has 0 saturated carbocycles. The van der Waals surface area contributed by atoms with Crippen molar-refractivity contribution in [3.05, 3.63) is 24.1 Å². The second-order valence-corrected chi connectivity index (χ2v) is 3.42. The van der Waals surface area contributed by atoms with Crippen molar-refractivity contribution >= 4 is 17.2 Å². The molecule has 1 aliphatic heterocycles. The van der Waals surface area contributed by atoms with Crippen molar-refractivity contribution in [2.24, 2.45) is 0 Å². The van der Waals surface area contributed by atoms with Crippen LogP contribution in [0.4, 0.5) is 0 Å². The molecule has 0 aromatic carbocycles. The second kappa shape index (κ2) is 3.34. The maximum atomic E-state index is 5.45. The zero-order chi connectivity index (χ0) is 10.1. The third-order valence-corrected chi connectivity index (χ3v) is 2.40. The number of rotatable bonds is 1. The molecule has 5 nitrogen and oxygen atoms in total. The number of fused-ring (bicyclic) bond motifs is 1. The van der Waals surface area contributed by atoms with Gasteiger partial charge in [0.1, 0.15) is 11.8 Å². The lowest BCUT2D eigenvalue weighted by Crippen LogP contribution is -1.88. The zero-order valence-corrected chi connectivity index (χ0v) is 8.10. The first kappa shape index (κ1) is 8.40. The van der Waals surface area contributed by atoms with Gasteiger partial charge in [0, 0.05) is 12.5 Å². The highest BCUT2D eigenvalue weighted by atomic mass is 16.5. The summed E-state index contributed by atoms with van der Waals surface area (Å²) in [4.78, 5) is 15.4. The molecule has 5 heteroatoms. The predicted molar refractivity (Wildman–Crippen MR) is 54.8 cm³/mol. The molecule has 0 aliphatic carbocycles. The number of hydrogen-bond donors (Lipinski definition) is 1. The van der Waals surface area contributed by atoms with Crippen LogP contribution in [0.5, 0.6) is 0 Å². The van der Waals surface area contributed by atoms with E-state index in [0.717, 1.165) is 36.4 Å². The molecule has 3 heterocycles. The smallest absolute Gasteiger partial charge is 0.181 e. The van der Waals surface area contributed by atoms with E-state index < -0.39 is 0 Å². The third-order valence-electron chi connectivity index (χ3n) is 2.40. The molecule has 0 atom stereocenters. The topological polar surface area (TPSA) is 63.7 Å². The van der Waals surface area contributed by atoms with E-state index in [2.05, 4.69) is 19.9 Å². The molecule has 76 valence electrons. The predicted octanol–water partition coefficient (Wildman–Crippen LogP) is 1.50. The minimum Gasteiger partial charge on any atom is -0.498 e. The first-order valence-electron chi connectivity index (χ1n) is 4.91. The van der Waals surface area contributed by atoms with Gasteiger partial charge in [-0.3, -0.25) is 0 Å². The van der Waals surface area contributed by atoms with Crippen LogP contribution in [0.25, 0.3) is 17.2 Å². The maximum absolute atomic E-state index is 5.45. The quantitative estimate of drug-likeness (QED) is 0.761. The average molecular weight is 202 g/mol. The van der Waals surface area contributed by atoms with Crippen LogP contribution in [-0.2, 0) is 4.74 Å². The molecule has 0 spiro atoms. The van der Waals surface area contributed by atoms with Crippen molar-refractivity contribution in [1.29, 1.82) is 0 Å². The van der Waals surface area contributed by atoms with Crippen molar-refractivity contribution < 1.29 is 4.74 Å². The van der Waals surface area contributed by atoms with Gasteiger partial charge in [0.25, 0.3) is 0 Å². The molecule has 15 heavy (non-hydrogen) atoms. The number of ether oxygens (including phenoxy) is 1. The molecule has 2 aromatic heterocycles. The van der Waals surface area contributed by atoms with E-state index in [9.17, 15) is 0 Å². The highest BCUT2D eigenvalue weighted by Gasteiger charge is 2.10. The second-order valence-electron chi connectivity index (χ2n) is 3.42. The molecule has 0 amide bonds. The molecule has 0 radical (unpaired) electrons. The van der Waals surface area contributed by atoms with Crippen LogP contribution >= 0.6 is 0 Å². The summed E-state index contributed by atoms with van der Waals surface area (Å²) in [6.45, 7) is 0.809. The first-order chi connectivity index (χ1) is 7.43. The van der Waals surface area contributed by atoms with Crippen LogP contribution in [-0.4, -0.2) is 26.5 Å². The van der Waals surface area contributed by atoms with Gasteiger partial charge in [-0.1, -0.05) is 0 Å². The highest BCUT2D eigenvalue weighted by molar-refractivity contribution is 5.79. The Balaban J connectivity index is 2.10. The summed E-state index contributed by atoms with van der Waals surface area (Å²) < 4.78 is 5.45. The van der Waals surface area contributed by atoms with E-state index in [1.54, 1.807) is 6.33 Å². The Labute approximate surface area is 86.2 Å². The molecule has 2 aromatic rings. The van der Waals surface area contributed by atoms with Crippen LogP contribution < -0.4 is 0 Å². The number of H-pyrrole nitrogens is 1. The van der Waals surface area contributed by atoms with Gasteiger partial charge >= 0.3 is 0 Å². The number of allylic oxidation sites excluding steroid dienone is 1. The van der Waals surface area contributed by atoms with Gasteiger partial charge in [0.15, 0.2) is 5.65 Å². The summed E-state index contributed by atoms with van der Waals surface area (Å²) in [6.07, 6.45) is 7.17. The van der Waals surface area contributed by atoms with E-state index in [4.69, 9.17) is 4.74 Å². The van der Waals surface area contributed by atoms with Crippen molar-refractivity contribution in [2.75, 3.05) is 6.61 Å². The first-order valence-corrected chi connectivity index (χ1v) is 4.91. The summed E-state index contributed by atoms with van der Waals surface area (Å²) in [5, 5.41) is 0.